The summed E-state index contributed by atoms with van der Waals surface area (Å²) in [5.41, 5.74) is 4.39. The summed E-state index contributed by atoms with van der Waals surface area (Å²) in [5.74, 6) is -0.457. The van der Waals surface area contributed by atoms with E-state index >= 15 is 0 Å². The Morgan fingerprint density at radius 2 is 1.07 bits per heavy atom. The van der Waals surface area contributed by atoms with Crippen molar-refractivity contribution in [3.05, 3.63) is 96.6 Å². The van der Waals surface area contributed by atoms with Gasteiger partial charge in [0.15, 0.2) is 0 Å². The lowest BCUT2D eigenvalue weighted by molar-refractivity contribution is 0.475. The first kappa shape index (κ1) is 17.7. The molecule has 0 radical (unpaired) electrons. The fraction of sp³-hybridized carbons (Fsp3) is 0. The van der Waals surface area contributed by atoms with E-state index in [1.54, 1.807) is 48.5 Å². The van der Waals surface area contributed by atoms with Gasteiger partial charge in [0.05, 0.1) is 11.4 Å². The van der Waals surface area contributed by atoms with Crippen LogP contribution in [0.5, 0.6) is 5.75 Å². The van der Waals surface area contributed by atoms with Crippen LogP contribution in [0.3, 0.4) is 0 Å². The lowest BCUT2D eigenvalue weighted by Crippen LogP contribution is -1.95. The highest BCUT2D eigenvalue weighted by Gasteiger charge is 2.08. The number of nitrogens with zero attached hydrogens (tertiary/aromatic N) is 1. The first-order valence-corrected chi connectivity index (χ1v) is 8.67. The molecule has 0 aliphatic carbocycles. The second kappa shape index (κ2) is 7.48. The van der Waals surface area contributed by atoms with Crippen LogP contribution in [0.25, 0.3) is 22.5 Å². The zero-order chi connectivity index (χ0) is 19.5. The van der Waals surface area contributed by atoms with Gasteiger partial charge < -0.3 is 10.4 Å². The number of pyridine rings is 1. The molecule has 0 aliphatic heterocycles. The summed E-state index contributed by atoms with van der Waals surface area (Å²) in [6.07, 6.45) is 0. The van der Waals surface area contributed by atoms with Gasteiger partial charge in [0.1, 0.15) is 17.4 Å². The van der Waals surface area contributed by atoms with E-state index in [0.717, 1.165) is 22.5 Å². The molecule has 0 saturated carbocycles. The summed E-state index contributed by atoms with van der Waals surface area (Å²) >= 11 is 0. The molecule has 0 aliphatic rings. The third-order valence-corrected chi connectivity index (χ3v) is 4.26. The van der Waals surface area contributed by atoms with Crippen LogP contribution in [-0.4, -0.2) is 10.1 Å². The lowest BCUT2D eigenvalue weighted by atomic mass is 10.1. The van der Waals surface area contributed by atoms with Gasteiger partial charge in [0, 0.05) is 22.5 Å². The topological polar surface area (TPSA) is 45.1 Å². The Morgan fingerprint density at radius 1 is 0.607 bits per heavy atom. The Kier molecular flexibility index (Phi) is 4.72. The first-order valence-electron chi connectivity index (χ1n) is 8.67. The molecule has 3 aromatic carbocycles. The van der Waals surface area contributed by atoms with Crippen molar-refractivity contribution in [1.82, 2.24) is 4.98 Å². The molecule has 0 spiro atoms. The molecule has 28 heavy (non-hydrogen) atoms. The van der Waals surface area contributed by atoms with Crippen LogP contribution < -0.4 is 5.32 Å². The Hall–Kier alpha value is -3.73. The average molecular weight is 374 g/mol. The van der Waals surface area contributed by atoms with Crippen molar-refractivity contribution in [3.8, 4) is 28.3 Å². The van der Waals surface area contributed by atoms with Gasteiger partial charge in [-0.05, 0) is 84.9 Å². The lowest BCUT2D eigenvalue weighted by Gasteiger charge is -2.12. The van der Waals surface area contributed by atoms with Crippen LogP contribution in [0.4, 0.5) is 20.2 Å². The van der Waals surface area contributed by atoms with Gasteiger partial charge in [0.2, 0.25) is 0 Å². The van der Waals surface area contributed by atoms with Crippen LogP contribution in [0.2, 0.25) is 0 Å². The van der Waals surface area contributed by atoms with Crippen molar-refractivity contribution in [2.75, 3.05) is 5.32 Å². The van der Waals surface area contributed by atoms with Crippen LogP contribution in [0.15, 0.2) is 84.9 Å². The predicted molar refractivity (Wildman–Crippen MR) is 106 cm³/mol. The molecule has 0 bridgehead atoms. The summed E-state index contributed by atoms with van der Waals surface area (Å²) in [4.78, 5) is 4.66. The van der Waals surface area contributed by atoms with E-state index in [2.05, 4.69) is 10.3 Å². The Morgan fingerprint density at radius 3 is 1.54 bits per heavy atom. The molecule has 4 aromatic rings. The van der Waals surface area contributed by atoms with E-state index in [4.69, 9.17) is 0 Å². The number of hydrogen-bond acceptors (Lipinski definition) is 3. The Bertz CT molecular complexity index is 1030. The average Bonchev–Trinajstić information content (AvgIpc) is 2.71. The zero-order valence-electron chi connectivity index (χ0n) is 14.7. The van der Waals surface area contributed by atoms with Gasteiger partial charge in [-0.25, -0.2) is 13.8 Å². The summed E-state index contributed by atoms with van der Waals surface area (Å²) in [7, 11) is 0. The zero-order valence-corrected chi connectivity index (χ0v) is 14.7. The smallest absolute Gasteiger partial charge is 0.123 e. The summed E-state index contributed by atoms with van der Waals surface area (Å²) in [5, 5.41) is 12.7. The Labute approximate surface area is 160 Å². The van der Waals surface area contributed by atoms with Gasteiger partial charge >= 0.3 is 0 Å². The minimum atomic E-state index is -0.319. The van der Waals surface area contributed by atoms with Crippen molar-refractivity contribution in [2.24, 2.45) is 0 Å². The van der Waals surface area contributed by atoms with E-state index in [9.17, 15) is 13.9 Å². The standard InChI is InChI=1S/C23H16F2N2O/c24-17-5-1-15(2-6-17)22-13-20(26-19-9-11-21(28)12-10-19)14-23(27-22)16-3-7-18(25)8-4-16/h1-14,28H,(H,26,27). The van der Waals surface area contributed by atoms with Crippen molar-refractivity contribution >= 4 is 11.4 Å². The van der Waals surface area contributed by atoms with Crippen molar-refractivity contribution in [2.45, 2.75) is 0 Å². The maximum atomic E-state index is 13.3. The molecular formula is C23H16F2N2O. The largest absolute Gasteiger partial charge is 0.508 e. The van der Waals surface area contributed by atoms with Crippen LogP contribution in [-0.2, 0) is 0 Å². The molecule has 2 N–H and O–H groups in total. The van der Waals surface area contributed by atoms with E-state index in [1.807, 2.05) is 12.1 Å². The van der Waals surface area contributed by atoms with Gasteiger partial charge in [-0.3, -0.25) is 0 Å². The number of aromatic hydroxyl groups is 1. The minimum absolute atomic E-state index is 0.180. The maximum Gasteiger partial charge on any atom is 0.123 e. The second-order valence-electron chi connectivity index (χ2n) is 6.31. The SMILES string of the molecule is Oc1ccc(Nc2cc(-c3ccc(F)cc3)nc(-c3ccc(F)cc3)c2)cc1. The Balaban J connectivity index is 1.78. The first-order chi connectivity index (χ1) is 13.6. The highest BCUT2D eigenvalue weighted by Crippen LogP contribution is 2.29. The van der Waals surface area contributed by atoms with E-state index in [1.165, 1.54) is 24.3 Å². The van der Waals surface area contributed by atoms with E-state index < -0.39 is 0 Å². The van der Waals surface area contributed by atoms with Crippen molar-refractivity contribution in [3.63, 3.8) is 0 Å². The summed E-state index contributed by atoms with van der Waals surface area (Å²) in [6, 6.07) is 22.6. The van der Waals surface area contributed by atoms with Crippen LogP contribution in [0.1, 0.15) is 0 Å². The predicted octanol–water partition coefficient (Wildman–Crippen LogP) is 6.14. The van der Waals surface area contributed by atoms with Crippen LogP contribution in [0, 0.1) is 11.6 Å². The molecular weight excluding hydrogens is 358 g/mol. The van der Waals surface area contributed by atoms with E-state index in [-0.39, 0.29) is 17.4 Å². The molecule has 0 amide bonds. The number of phenolic OH excluding ortho intramolecular Hbond substituents is 1. The molecule has 0 atom stereocenters. The van der Waals surface area contributed by atoms with Gasteiger partial charge in [0.25, 0.3) is 0 Å². The molecule has 4 rings (SSSR count). The third kappa shape index (κ3) is 3.99. The molecule has 138 valence electrons. The van der Waals surface area contributed by atoms with Crippen molar-refractivity contribution < 1.29 is 13.9 Å². The molecule has 0 fully saturated rings. The number of halogens is 2. The number of benzene rings is 3. The number of anilines is 2. The molecule has 5 heteroatoms. The van der Waals surface area contributed by atoms with Gasteiger partial charge in [-0.15, -0.1) is 0 Å². The molecule has 3 nitrogen and oxygen atoms in total. The highest BCUT2D eigenvalue weighted by atomic mass is 19.1. The third-order valence-electron chi connectivity index (χ3n) is 4.26. The van der Waals surface area contributed by atoms with Gasteiger partial charge in [-0.2, -0.15) is 0 Å². The monoisotopic (exact) mass is 374 g/mol. The fourth-order valence-corrected chi connectivity index (χ4v) is 2.85. The number of rotatable bonds is 4. The minimum Gasteiger partial charge on any atom is -0.508 e. The maximum absolute atomic E-state index is 13.3. The number of phenols is 1. The quantitative estimate of drug-likeness (QED) is 0.422. The molecule has 0 unspecified atom stereocenters. The highest BCUT2D eigenvalue weighted by molar-refractivity contribution is 5.74. The number of hydrogen-bond donors (Lipinski definition) is 2. The summed E-state index contributed by atoms with van der Waals surface area (Å²) < 4.78 is 26.6. The summed E-state index contributed by atoms with van der Waals surface area (Å²) in [6.45, 7) is 0. The van der Waals surface area contributed by atoms with Crippen LogP contribution >= 0.6 is 0 Å². The van der Waals surface area contributed by atoms with Gasteiger partial charge in [-0.1, -0.05) is 0 Å². The van der Waals surface area contributed by atoms with Crippen molar-refractivity contribution in [1.29, 1.82) is 0 Å². The molecule has 0 saturated heterocycles. The normalized spacial score (nSPS) is 10.6. The second-order valence-corrected chi connectivity index (χ2v) is 6.31. The molecule has 1 heterocycles. The fourth-order valence-electron chi connectivity index (χ4n) is 2.85. The van der Waals surface area contributed by atoms with E-state index in [0.29, 0.717) is 11.4 Å². The number of aromatic nitrogens is 1. The number of nitrogens with one attached hydrogen (secondary N) is 1. The molecule has 1 aromatic heterocycles.